The quantitative estimate of drug-likeness (QED) is 0.800. The van der Waals surface area contributed by atoms with E-state index in [1.54, 1.807) is 6.07 Å². The first kappa shape index (κ1) is 12.5. The molecule has 4 nitrogen and oxygen atoms in total. The number of fused-ring (bicyclic) bond motifs is 1. The number of aromatic nitrogens is 2. The van der Waals surface area contributed by atoms with Crippen LogP contribution in [0.5, 0.6) is 0 Å². The Hall–Kier alpha value is -2.51. The number of benzene rings is 1. The van der Waals surface area contributed by atoms with Crippen molar-refractivity contribution in [2.75, 3.05) is 5.32 Å². The van der Waals surface area contributed by atoms with Gasteiger partial charge in [0.25, 0.3) is 0 Å². The fourth-order valence-corrected chi connectivity index (χ4v) is 2.19. The van der Waals surface area contributed by atoms with Gasteiger partial charge in [-0.05, 0) is 24.3 Å². The van der Waals surface area contributed by atoms with E-state index in [1.165, 1.54) is 0 Å². The van der Waals surface area contributed by atoms with Crippen LogP contribution in [0.15, 0.2) is 48.8 Å². The molecular weight excluding hydrogens is 272 g/mol. The van der Waals surface area contributed by atoms with E-state index in [2.05, 4.69) is 16.4 Å². The summed E-state index contributed by atoms with van der Waals surface area (Å²) in [7, 11) is 0. The van der Waals surface area contributed by atoms with E-state index >= 15 is 0 Å². The van der Waals surface area contributed by atoms with Gasteiger partial charge >= 0.3 is 0 Å². The summed E-state index contributed by atoms with van der Waals surface area (Å²) in [5.41, 5.74) is 3.17. The van der Waals surface area contributed by atoms with Crippen molar-refractivity contribution >= 4 is 22.9 Å². The summed E-state index contributed by atoms with van der Waals surface area (Å²) in [6, 6.07) is 13.2. The molecular formula is C15H11ClN4. The number of halogens is 1. The molecule has 0 aliphatic rings. The van der Waals surface area contributed by atoms with Gasteiger partial charge in [0.1, 0.15) is 11.7 Å². The zero-order valence-corrected chi connectivity index (χ0v) is 11.3. The van der Waals surface area contributed by atoms with Gasteiger partial charge in [-0.15, -0.1) is 0 Å². The SMILES string of the molecule is N#Cc1ccccc1NCc1cn2cc(Cl)ccc2n1. The summed E-state index contributed by atoms with van der Waals surface area (Å²) in [6.45, 7) is 0.554. The Morgan fingerprint density at radius 1 is 1.20 bits per heavy atom. The zero-order chi connectivity index (χ0) is 13.9. The first-order chi connectivity index (χ1) is 9.76. The molecule has 20 heavy (non-hydrogen) atoms. The average molecular weight is 283 g/mol. The van der Waals surface area contributed by atoms with E-state index in [-0.39, 0.29) is 0 Å². The monoisotopic (exact) mass is 282 g/mol. The fourth-order valence-electron chi connectivity index (χ4n) is 2.02. The third kappa shape index (κ3) is 2.44. The number of para-hydroxylation sites is 1. The van der Waals surface area contributed by atoms with Crippen molar-refractivity contribution in [2.45, 2.75) is 6.54 Å². The molecule has 0 aliphatic heterocycles. The topological polar surface area (TPSA) is 53.1 Å². The molecule has 1 aromatic carbocycles. The van der Waals surface area contributed by atoms with Gasteiger partial charge in [-0.2, -0.15) is 5.26 Å². The molecule has 0 saturated carbocycles. The van der Waals surface area contributed by atoms with Crippen LogP contribution in [0.3, 0.4) is 0 Å². The van der Waals surface area contributed by atoms with Crippen molar-refractivity contribution in [1.29, 1.82) is 5.26 Å². The molecule has 5 heteroatoms. The lowest BCUT2D eigenvalue weighted by Crippen LogP contribution is -2.01. The number of pyridine rings is 1. The van der Waals surface area contributed by atoms with Crippen LogP contribution < -0.4 is 5.32 Å². The molecule has 98 valence electrons. The molecule has 0 spiro atoms. The van der Waals surface area contributed by atoms with Gasteiger partial charge in [0.05, 0.1) is 28.5 Å². The van der Waals surface area contributed by atoms with Gasteiger partial charge in [-0.3, -0.25) is 0 Å². The summed E-state index contributed by atoms with van der Waals surface area (Å²) in [5.74, 6) is 0. The van der Waals surface area contributed by atoms with Crippen LogP contribution in [0.2, 0.25) is 5.02 Å². The number of hydrogen-bond acceptors (Lipinski definition) is 3. The minimum absolute atomic E-state index is 0.554. The lowest BCUT2D eigenvalue weighted by atomic mass is 10.2. The highest BCUT2D eigenvalue weighted by Crippen LogP contribution is 2.16. The molecule has 0 bridgehead atoms. The zero-order valence-electron chi connectivity index (χ0n) is 10.5. The van der Waals surface area contributed by atoms with Gasteiger partial charge < -0.3 is 9.72 Å². The van der Waals surface area contributed by atoms with Crippen LogP contribution in [-0.2, 0) is 6.54 Å². The van der Waals surface area contributed by atoms with Gasteiger partial charge in [-0.1, -0.05) is 23.7 Å². The van der Waals surface area contributed by atoms with E-state index in [0.717, 1.165) is 17.0 Å². The maximum atomic E-state index is 9.04. The Kier molecular flexibility index (Phi) is 3.28. The molecule has 0 saturated heterocycles. The highest BCUT2D eigenvalue weighted by Gasteiger charge is 2.04. The summed E-state index contributed by atoms with van der Waals surface area (Å²) < 4.78 is 1.88. The summed E-state index contributed by atoms with van der Waals surface area (Å²) >= 11 is 5.94. The number of nitrogens with one attached hydrogen (secondary N) is 1. The smallest absolute Gasteiger partial charge is 0.137 e. The highest BCUT2D eigenvalue weighted by atomic mass is 35.5. The first-order valence-corrected chi connectivity index (χ1v) is 6.50. The van der Waals surface area contributed by atoms with Crippen LogP contribution in [0, 0.1) is 11.3 Å². The molecule has 3 aromatic rings. The second-order valence-corrected chi connectivity index (χ2v) is 4.79. The Morgan fingerprint density at radius 3 is 2.90 bits per heavy atom. The second-order valence-electron chi connectivity index (χ2n) is 4.36. The number of nitrogens with zero attached hydrogens (tertiary/aromatic N) is 3. The second kappa shape index (κ2) is 5.24. The van der Waals surface area contributed by atoms with Crippen LogP contribution in [0.1, 0.15) is 11.3 Å². The van der Waals surface area contributed by atoms with Crippen molar-refractivity contribution in [2.24, 2.45) is 0 Å². The number of nitriles is 1. The minimum Gasteiger partial charge on any atom is -0.378 e. The van der Waals surface area contributed by atoms with Crippen molar-refractivity contribution in [1.82, 2.24) is 9.38 Å². The molecule has 2 heterocycles. The molecule has 0 aliphatic carbocycles. The molecule has 2 aromatic heterocycles. The van der Waals surface area contributed by atoms with Gasteiger partial charge in [0, 0.05) is 12.4 Å². The van der Waals surface area contributed by atoms with E-state index in [4.69, 9.17) is 16.9 Å². The number of hydrogen-bond donors (Lipinski definition) is 1. The Balaban J connectivity index is 1.82. The molecule has 0 radical (unpaired) electrons. The van der Waals surface area contributed by atoms with E-state index < -0.39 is 0 Å². The van der Waals surface area contributed by atoms with Crippen LogP contribution in [0.4, 0.5) is 5.69 Å². The normalized spacial score (nSPS) is 10.4. The predicted octanol–water partition coefficient (Wildman–Crippen LogP) is 3.47. The van der Waals surface area contributed by atoms with Gasteiger partial charge in [0.15, 0.2) is 0 Å². The summed E-state index contributed by atoms with van der Waals surface area (Å²) in [5, 5.41) is 12.9. The Morgan fingerprint density at radius 2 is 2.05 bits per heavy atom. The van der Waals surface area contributed by atoms with E-state index in [0.29, 0.717) is 17.1 Å². The number of anilines is 1. The molecule has 0 amide bonds. The third-order valence-electron chi connectivity index (χ3n) is 2.97. The minimum atomic E-state index is 0.554. The fraction of sp³-hybridized carbons (Fsp3) is 0.0667. The largest absolute Gasteiger partial charge is 0.378 e. The molecule has 3 rings (SSSR count). The maximum absolute atomic E-state index is 9.04. The average Bonchev–Trinajstić information content (AvgIpc) is 2.87. The van der Waals surface area contributed by atoms with Crippen molar-refractivity contribution in [3.8, 4) is 6.07 Å². The van der Waals surface area contributed by atoms with Crippen molar-refractivity contribution < 1.29 is 0 Å². The Labute approximate surface area is 121 Å². The Bertz CT molecular complexity index is 801. The molecule has 0 atom stereocenters. The van der Waals surface area contributed by atoms with Crippen LogP contribution >= 0.6 is 11.6 Å². The lowest BCUT2D eigenvalue weighted by Gasteiger charge is -2.05. The van der Waals surface area contributed by atoms with Crippen molar-refractivity contribution in [3.05, 3.63) is 65.1 Å². The maximum Gasteiger partial charge on any atom is 0.137 e. The summed E-state index contributed by atoms with van der Waals surface area (Å²) in [4.78, 5) is 4.48. The standard InChI is InChI=1S/C15H11ClN4/c16-12-5-6-15-19-13(10-20(15)9-12)8-18-14-4-2-1-3-11(14)7-17/h1-6,9-10,18H,8H2. The highest BCUT2D eigenvalue weighted by molar-refractivity contribution is 6.30. The molecule has 0 unspecified atom stereocenters. The van der Waals surface area contributed by atoms with Crippen molar-refractivity contribution in [3.63, 3.8) is 0 Å². The van der Waals surface area contributed by atoms with Gasteiger partial charge in [0.2, 0.25) is 0 Å². The third-order valence-corrected chi connectivity index (χ3v) is 3.20. The predicted molar refractivity (Wildman–Crippen MR) is 78.7 cm³/mol. The lowest BCUT2D eigenvalue weighted by molar-refractivity contribution is 1.08. The summed E-state index contributed by atoms with van der Waals surface area (Å²) in [6.07, 6.45) is 3.74. The van der Waals surface area contributed by atoms with E-state index in [1.807, 2.05) is 47.1 Å². The number of rotatable bonds is 3. The van der Waals surface area contributed by atoms with Crippen LogP contribution in [-0.4, -0.2) is 9.38 Å². The molecule has 1 N–H and O–H groups in total. The first-order valence-electron chi connectivity index (χ1n) is 6.12. The molecule has 0 fully saturated rings. The number of imidazole rings is 1. The van der Waals surface area contributed by atoms with Gasteiger partial charge in [-0.25, -0.2) is 4.98 Å². The van der Waals surface area contributed by atoms with Crippen LogP contribution in [0.25, 0.3) is 5.65 Å². The van der Waals surface area contributed by atoms with E-state index in [9.17, 15) is 0 Å².